The first kappa shape index (κ1) is 31.9. The van der Waals surface area contributed by atoms with Crippen LogP contribution in [-0.4, -0.2) is 65.2 Å². The molecule has 4 aromatic rings. The highest BCUT2D eigenvalue weighted by Gasteiger charge is 2.19. The molecule has 45 heavy (non-hydrogen) atoms. The summed E-state index contributed by atoms with van der Waals surface area (Å²) < 4.78 is 11.4. The van der Waals surface area contributed by atoms with Crippen LogP contribution in [0.5, 0.6) is 5.75 Å². The minimum absolute atomic E-state index is 0.00273. The van der Waals surface area contributed by atoms with Gasteiger partial charge in [0.2, 0.25) is 0 Å². The van der Waals surface area contributed by atoms with E-state index in [2.05, 4.69) is 65.6 Å². The predicted octanol–water partition coefficient (Wildman–Crippen LogP) is 5.73. The van der Waals surface area contributed by atoms with Gasteiger partial charge in [0.25, 0.3) is 0 Å². The number of hydrogen-bond donors (Lipinski definition) is 4. The Morgan fingerprint density at radius 2 is 1.29 bits per heavy atom. The molecule has 1 aliphatic carbocycles. The highest BCUT2D eigenvalue weighted by molar-refractivity contribution is 5.91. The molecule has 5 rings (SSSR count). The number of aliphatic hydroxyl groups is 4. The molecule has 0 bridgehead atoms. The lowest BCUT2D eigenvalue weighted by molar-refractivity contribution is -0.0132. The second-order valence-electron chi connectivity index (χ2n) is 10.8. The number of aliphatic hydroxyl groups excluding tert-OH is 4. The maximum Gasteiger partial charge on any atom is 0.119 e. The molecule has 4 N–H and O–H groups in total. The third kappa shape index (κ3) is 8.79. The summed E-state index contributed by atoms with van der Waals surface area (Å²) >= 11 is 0. The number of ether oxygens (including phenoxy) is 2. The van der Waals surface area contributed by atoms with Crippen molar-refractivity contribution in [1.29, 1.82) is 0 Å². The maximum absolute atomic E-state index is 9.67. The fourth-order valence-electron chi connectivity index (χ4n) is 5.01. The summed E-state index contributed by atoms with van der Waals surface area (Å²) in [6.07, 6.45) is 6.82. The Bertz CT molecular complexity index is 1530. The van der Waals surface area contributed by atoms with Crippen LogP contribution in [0.15, 0.2) is 133 Å². The molecule has 0 fully saturated rings. The third-order valence-corrected chi connectivity index (χ3v) is 7.39. The van der Waals surface area contributed by atoms with Crippen LogP contribution in [0, 0.1) is 0 Å². The van der Waals surface area contributed by atoms with Gasteiger partial charge in [0.05, 0.1) is 25.9 Å². The number of anilines is 2. The highest BCUT2D eigenvalue weighted by Crippen LogP contribution is 2.34. The van der Waals surface area contributed by atoms with E-state index in [0.29, 0.717) is 12.2 Å². The van der Waals surface area contributed by atoms with E-state index in [1.54, 1.807) is 0 Å². The summed E-state index contributed by atoms with van der Waals surface area (Å²) in [5.41, 5.74) is 7.32. The Morgan fingerprint density at radius 1 is 0.733 bits per heavy atom. The van der Waals surface area contributed by atoms with Crippen molar-refractivity contribution < 1.29 is 29.9 Å². The molecular weight excluding hydrogens is 566 g/mol. The Hall–Kier alpha value is -4.50. The largest absolute Gasteiger partial charge is 0.491 e. The molecular formula is C38H39NO6. The lowest BCUT2D eigenvalue weighted by Crippen LogP contribution is -2.25. The fraction of sp³-hybridized carbons (Fsp3) is 0.211. The van der Waals surface area contributed by atoms with E-state index >= 15 is 0 Å². The van der Waals surface area contributed by atoms with Crippen molar-refractivity contribution in [3.8, 4) is 5.75 Å². The van der Waals surface area contributed by atoms with E-state index in [1.165, 1.54) is 0 Å². The zero-order valence-corrected chi connectivity index (χ0v) is 25.0. The van der Waals surface area contributed by atoms with Gasteiger partial charge in [-0.1, -0.05) is 84.9 Å². The molecule has 7 heteroatoms. The minimum Gasteiger partial charge on any atom is -0.491 e. The predicted molar refractivity (Wildman–Crippen MR) is 178 cm³/mol. The van der Waals surface area contributed by atoms with Crippen LogP contribution >= 0.6 is 0 Å². The average Bonchev–Trinajstić information content (AvgIpc) is 3.11. The average molecular weight is 606 g/mol. The van der Waals surface area contributed by atoms with E-state index in [9.17, 15) is 10.2 Å². The molecule has 232 valence electrons. The van der Waals surface area contributed by atoms with Gasteiger partial charge < -0.3 is 34.8 Å². The topological polar surface area (TPSA) is 103 Å². The molecule has 0 amide bonds. The van der Waals surface area contributed by atoms with E-state index in [0.717, 1.165) is 39.3 Å². The van der Waals surface area contributed by atoms with Crippen molar-refractivity contribution in [3.63, 3.8) is 0 Å². The van der Waals surface area contributed by atoms with Crippen LogP contribution in [0.1, 0.15) is 23.1 Å². The number of rotatable bonds is 14. The van der Waals surface area contributed by atoms with E-state index in [-0.39, 0.29) is 32.5 Å². The van der Waals surface area contributed by atoms with Crippen molar-refractivity contribution in [1.82, 2.24) is 0 Å². The monoisotopic (exact) mass is 605 g/mol. The maximum atomic E-state index is 9.67. The summed E-state index contributed by atoms with van der Waals surface area (Å²) in [5.74, 6) is 0.588. The van der Waals surface area contributed by atoms with E-state index in [1.807, 2.05) is 72.8 Å². The van der Waals surface area contributed by atoms with Crippen LogP contribution in [0.4, 0.5) is 11.4 Å². The summed E-state index contributed by atoms with van der Waals surface area (Å²) in [5, 5.41) is 37.5. The van der Waals surface area contributed by atoms with Crippen LogP contribution in [0.25, 0.3) is 11.6 Å². The first-order chi connectivity index (χ1) is 22.0. The Morgan fingerprint density at radius 3 is 1.82 bits per heavy atom. The standard InChI is InChI=1S/C38H39NO6/c40-24-34(42)26-44-36-19-15-32(16-20-36)39(33-17-21-37(22-18-33)45-27-35(43)25-41)31-13-11-28(12-14-31)23-38(29-7-3-1-4-8-29)30-9-5-2-6-10-30/h1-21,23,34-35,37,40-43H,22,24-27H2. The first-order valence-corrected chi connectivity index (χ1v) is 15.1. The molecule has 0 saturated heterocycles. The van der Waals surface area contributed by atoms with Crippen molar-refractivity contribution in [2.24, 2.45) is 0 Å². The SMILES string of the molecule is OCC(O)COc1ccc(N(C2=CCC(OCC(O)CO)C=C2)c2ccc(C=C(c3ccccc3)c3ccccc3)cc2)cc1. The summed E-state index contributed by atoms with van der Waals surface area (Å²) in [4.78, 5) is 2.14. The molecule has 4 aromatic carbocycles. The molecule has 0 radical (unpaired) electrons. The van der Waals surface area contributed by atoms with E-state index < -0.39 is 12.2 Å². The molecule has 0 aromatic heterocycles. The summed E-state index contributed by atoms with van der Waals surface area (Å²) in [7, 11) is 0. The smallest absolute Gasteiger partial charge is 0.119 e. The van der Waals surface area contributed by atoms with Crippen molar-refractivity contribution in [3.05, 3.63) is 150 Å². The number of benzene rings is 4. The highest BCUT2D eigenvalue weighted by atomic mass is 16.5. The van der Waals surface area contributed by atoms with E-state index in [4.69, 9.17) is 19.7 Å². The van der Waals surface area contributed by atoms with Crippen LogP contribution in [0.2, 0.25) is 0 Å². The molecule has 0 saturated carbocycles. The number of hydrogen-bond acceptors (Lipinski definition) is 7. The van der Waals surface area contributed by atoms with Gasteiger partial charge >= 0.3 is 0 Å². The first-order valence-electron chi connectivity index (χ1n) is 15.1. The summed E-state index contributed by atoms with van der Waals surface area (Å²) in [6.45, 7) is -0.636. The molecule has 0 aliphatic heterocycles. The Balaban J connectivity index is 1.43. The second kappa shape index (κ2) is 16.0. The summed E-state index contributed by atoms with van der Waals surface area (Å²) in [6, 6.07) is 36.7. The lowest BCUT2D eigenvalue weighted by Gasteiger charge is -2.29. The molecule has 1 aliphatic rings. The minimum atomic E-state index is -0.941. The second-order valence-corrected chi connectivity index (χ2v) is 10.8. The normalized spacial score (nSPS) is 15.6. The molecule has 0 spiro atoms. The Labute approximate surface area is 264 Å². The van der Waals surface area contributed by atoms with Gasteiger partial charge in [-0.15, -0.1) is 0 Å². The van der Waals surface area contributed by atoms with Crippen LogP contribution in [-0.2, 0) is 4.74 Å². The van der Waals surface area contributed by atoms with Gasteiger partial charge in [-0.2, -0.15) is 0 Å². The number of nitrogens with zero attached hydrogens (tertiary/aromatic N) is 1. The van der Waals surface area contributed by atoms with Crippen LogP contribution in [0.3, 0.4) is 0 Å². The molecule has 3 atom stereocenters. The zero-order chi connectivity index (χ0) is 31.4. The molecule has 0 heterocycles. The third-order valence-electron chi connectivity index (χ3n) is 7.39. The molecule has 7 nitrogen and oxygen atoms in total. The van der Waals surface area contributed by atoms with Gasteiger partial charge in [-0.05, 0) is 77.2 Å². The van der Waals surface area contributed by atoms with Gasteiger partial charge in [-0.3, -0.25) is 0 Å². The van der Waals surface area contributed by atoms with Crippen molar-refractivity contribution in [2.75, 3.05) is 31.3 Å². The van der Waals surface area contributed by atoms with Crippen molar-refractivity contribution in [2.45, 2.75) is 24.7 Å². The van der Waals surface area contributed by atoms with Gasteiger partial charge in [0.1, 0.15) is 24.6 Å². The number of allylic oxidation sites excluding steroid dienone is 1. The van der Waals surface area contributed by atoms with Gasteiger partial charge in [0, 0.05) is 17.1 Å². The lowest BCUT2D eigenvalue weighted by atomic mass is 9.95. The van der Waals surface area contributed by atoms with Gasteiger partial charge in [-0.25, -0.2) is 0 Å². The van der Waals surface area contributed by atoms with Gasteiger partial charge in [0.15, 0.2) is 0 Å². The fourth-order valence-corrected chi connectivity index (χ4v) is 5.01. The zero-order valence-electron chi connectivity index (χ0n) is 25.0. The molecule has 3 unspecified atom stereocenters. The van der Waals surface area contributed by atoms with Crippen LogP contribution < -0.4 is 9.64 Å². The Kier molecular flexibility index (Phi) is 11.3. The quantitative estimate of drug-likeness (QED) is 0.136. The van der Waals surface area contributed by atoms with Crippen molar-refractivity contribution >= 4 is 23.0 Å².